The lowest BCUT2D eigenvalue weighted by molar-refractivity contribution is -0.618. The Labute approximate surface area is 94.2 Å². The minimum absolute atomic E-state index is 0.383. The quantitative estimate of drug-likeness (QED) is 0.612. The predicted molar refractivity (Wildman–Crippen MR) is 60.6 cm³/mol. The van der Waals surface area contributed by atoms with E-state index in [1.54, 1.807) is 18.2 Å². The van der Waals surface area contributed by atoms with Crippen molar-refractivity contribution in [3.63, 3.8) is 0 Å². The van der Waals surface area contributed by atoms with Gasteiger partial charge in [-0.3, -0.25) is 0 Å². The van der Waals surface area contributed by atoms with Crippen LogP contribution >= 0.6 is 0 Å². The SMILES string of the molecule is Cc1ccc[n+]([O-])c1C(O)c1ccccc1. The fourth-order valence-electron chi connectivity index (χ4n) is 1.73. The molecule has 0 saturated heterocycles. The van der Waals surface area contributed by atoms with Crippen LogP contribution in [0.25, 0.3) is 0 Å². The molecule has 1 atom stereocenters. The molecule has 3 nitrogen and oxygen atoms in total. The van der Waals surface area contributed by atoms with Gasteiger partial charge in [0.15, 0.2) is 12.3 Å². The first-order valence-corrected chi connectivity index (χ1v) is 5.12. The molecule has 0 radical (unpaired) electrons. The number of benzene rings is 1. The third-order valence-corrected chi connectivity index (χ3v) is 2.58. The van der Waals surface area contributed by atoms with Crippen molar-refractivity contribution in [2.45, 2.75) is 13.0 Å². The number of pyridine rings is 1. The molecule has 1 aromatic carbocycles. The molecule has 82 valence electrons. The van der Waals surface area contributed by atoms with E-state index in [0.717, 1.165) is 11.1 Å². The van der Waals surface area contributed by atoms with Crippen LogP contribution in [0.15, 0.2) is 48.7 Å². The van der Waals surface area contributed by atoms with E-state index in [0.29, 0.717) is 10.4 Å². The van der Waals surface area contributed by atoms with Crippen molar-refractivity contribution >= 4 is 0 Å². The van der Waals surface area contributed by atoms with E-state index in [9.17, 15) is 10.3 Å². The molecular weight excluding hydrogens is 202 g/mol. The summed E-state index contributed by atoms with van der Waals surface area (Å²) in [6, 6.07) is 12.6. The first-order chi connectivity index (χ1) is 7.70. The third kappa shape index (κ3) is 1.90. The van der Waals surface area contributed by atoms with E-state index in [1.165, 1.54) is 6.20 Å². The van der Waals surface area contributed by atoms with Gasteiger partial charge in [0.1, 0.15) is 0 Å². The van der Waals surface area contributed by atoms with Gasteiger partial charge in [-0.15, -0.1) is 0 Å². The summed E-state index contributed by atoms with van der Waals surface area (Å²) in [6.45, 7) is 1.82. The molecule has 3 heteroatoms. The summed E-state index contributed by atoms with van der Waals surface area (Å²) in [5, 5.41) is 21.7. The number of hydrogen-bond donors (Lipinski definition) is 1. The van der Waals surface area contributed by atoms with Crippen molar-refractivity contribution in [3.05, 3.63) is 70.7 Å². The Hall–Kier alpha value is -1.87. The molecule has 1 heterocycles. The fourth-order valence-corrected chi connectivity index (χ4v) is 1.73. The fraction of sp³-hybridized carbons (Fsp3) is 0.154. The van der Waals surface area contributed by atoms with Crippen LogP contribution in [-0.2, 0) is 0 Å². The molecule has 1 N–H and O–H groups in total. The summed E-state index contributed by atoms with van der Waals surface area (Å²) < 4.78 is 0.715. The van der Waals surface area contributed by atoms with Crippen LogP contribution in [0.1, 0.15) is 22.9 Å². The highest BCUT2D eigenvalue weighted by molar-refractivity contribution is 5.27. The van der Waals surface area contributed by atoms with Gasteiger partial charge < -0.3 is 10.3 Å². The van der Waals surface area contributed by atoms with E-state index < -0.39 is 6.10 Å². The molecule has 0 amide bonds. The monoisotopic (exact) mass is 215 g/mol. The summed E-state index contributed by atoms with van der Waals surface area (Å²) >= 11 is 0. The molecule has 2 aromatic rings. The minimum Gasteiger partial charge on any atom is -0.618 e. The van der Waals surface area contributed by atoms with Crippen molar-refractivity contribution < 1.29 is 9.84 Å². The number of aliphatic hydroxyl groups is 1. The van der Waals surface area contributed by atoms with Crippen LogP contribution < -0.4 is 4.73 Å². The number of rotatable bonds is 2. The second-order valence-corrected chi connectivity index (χ2v) is 3.72. The van der Waals surface area contributed by atoms with E-state index in [1.807, 2.05) is 31.2 Å². The van der Waals surface area contributed by atoms with E-state index >= 15 is 0 Å². The Kier molecular flexibility index (Phi) is 2.88. The summed E-state index contributed by atoms with van der Waals surface area (Å²) in [7, 11) is 0. The smallest absolute Gasteiger partial charge is 0.228 e. The Morgan fingerprint density at radius 2 is 1.81 bits per heavy atom. The highest BCUT2D eigenvalue weighted by Crippen LogP contribution is 2.20. The number of aryl methyl sites for hydroxylation is 1. The molecule has 2 rings (SSSR count). The first-order valence-electron chi connectivity index (χ1n) is 5.12. The van der Waals surface area contributed by atoms with Gasteiger partial charge in [-0.25, -0.2) is 0 Å². The maximum Gasteiger partial charge on any atom is 0.228 e. The third-order valence-electron chi connectivity index (χ3n) is 2.58. The van der Waals surface area contributed by atoms with E-state index in [-0.39, 0.29) is 0 Å². The van der Waals surface area contributed by atoms with Gasteiger partial charge in [0, 0.05) is 11.6 Å². The maximum absolute atomic E-state index is 11.6. The highest BCUT2D eigenvalue weighted by atomic mass is 16.5. The molecule has 1 aromatic heterocycles. The van der Waals surface area contributed by atoms with Crippen molar-refractivity contribution in [1.82, 2.24) is 0 Å². The van der Waals surface area contributed by atoms with Crippen LogP contribution in [0.2, 0.25) is 0 Å². The first kappa shape index (κ1) is 10.6. The normalized spacial score (nSPS) is 12.4. The van der Waals surface area contributed by atoms with Crippen LogP contribution in [0.3, 0.4) is 0 Å². The van der Waals surface area contributed by atoms with Gasteiger partial charge in [0.25, 0.3) is 0 Å². The van der Waals surface area contributed by atoms with Crippen molar-refractivity contribution in [2.75, 3.05) is 0 Å². The molecular formula is C13H13NO2. The molecule has 0 fully saturated rings. The predicted octanol–water partition coefficient (Wildman–Crippen LogP) is 1.71. The topological polar surface area (TPSA) is 47.2 Å². The number of aliphatic hydroxyl groups excluding tert-OH is 1. The Morgan fingerprint density at radius 1 is 1.12 bits per heavy atom. The van der Waals surface area contributed by atoms with Gasteiger partial charge in [0.2, 0.25) is 5.69 Å². The molecule has 0 spiro atoms. The minimum atomic E-state index is -0.875. The molecule has 0 aliphatic heterocycles. The molecule has 1 unspecified atom stereocenters. The van der Waals surface area contributed by atoms with E-state index in [4.69, 9.17) is 0 Å². The van der Waals surface area contributed by atoms with Gasteiger partial charge >= 0.3 is 0 Å². The van der Waals surface area contributed by atoms with Crippen LogP contribution in [0, 0.1) is 12.1 Å². The lowest BCUT2D eigenvalue weighted by atomic mass is 10.0. The Morgan fingerprint density at radius 3 is 2.44 bits per heavy atom. The number of aromatic nitrogens is 1. The van der Waals surface area contributed by atoms with Gasteiger partial charge in [0.05, 0.1) is 0 Å². The molecule has 0 bridgehead atoms. The van der Waals surface area contributed by atoms with Gasteiger partial charge in [-0.05, 0) is 18.6 Å². The molecule has 16 heavy (non-hydrogen) atoms. The van der Waals surface area contributed by atoms with Crippen LogP contribution in [0.4, 0.5) is 0 Å². The van der Waals surface area contributed by atoms with Crippen molar-refractivity contribution in [2.24, 2.45) is 0 Å². The Balaban J connectivity index is 2.46. The second kappa shape index (κ2) is 4.33. The second-order valence-electron chi connectivity index (χ2n) is 3.72. The number of hydrogen-bond acceptors (Lipinski definition) is 2. The lowest BCUT2D eigenvalue weighted by Gasteiger charge is -2.13. The van der Waals surface area contributed by atoms with E-state index in [2.05, 4.69) is 0 Å². The number of nitrogens with zero attached hydrogens (tertiary/aromatic N) is 1. The summed E-state index contributed by atoms with van der Waals surface area (Å²) in [5.41, 5.74) is 1.89. The zero-order chi connectivity index (χ0) is 11.5. The average Bonchev–Trinajstić information content (AvgIpc) is 2.30. The zero-order valence-electron chi connectivity index (χ0n) is 9.00. The van der Waals surface area contributed by atoms with Gasteiger partial charge in [-0.1, -0.05) is 30.3 Å². The zero-order valence-corrected chi connectivity index (χ0v) is 9.00. The standard InChI is InChI=1S/C13H13NO2/c1-10-6-5-9-14(16)12(10)13(15)11-7-3-2-4-8-11/h2-9,13,15H,1H3. The summed E-state index contributed by atoms with van der Waals surface area (Å²) in [5.74, 6) is 0. The van der Waals surface area contributed by atoms with Gasteiger partial charge in [-0.2, -0.15) is 4.73 Å². The molecule has 0 saturated carbocycles. The van der Waals surface area contributed by atoms with Crippen LogP contribution in [-0.4, -0.2) is 5.11 Å². The Bertz CT molecular complexity index is 462. The lowest BCUT2D eigenvalue weighted by Crippen LogP contribution is -2.34. The van der Waals surface area contributed by atoms with Crippen molar-refractivity contribution in [1.29, 1.82) is 0 Å². The molecule has 0 aliphatic rings. The maximum atomic E-state index is 11.6. The highest BCUT2D eigenvalue weighted by Gasteiger charge is 2.20. The average molecular weight is 215 g/mol. The van der Waals surface area contributed by atoms with Crippen LogP contribution in [0.5, 0.6) is 0 Å². The summed E-state index contributed by atoms with van der Waals surface area (Å²) in [4.78, 5) is 0. The van der Waals surface area contributed by atoms with Crippen molar-refractivity contribution in [3.8, 4) is 0 Å². The molecule has 0 aliphatic carbocycles. The largest absolute Gasteiger partial charge is 0.618 e. The summed E-state index contributed by atoms with van der Waals surface area (Å²) in [6.07, 6.45) is 0.522.